The number of piperidine rings is 1. The van der Waals surface area contributed by atoms with E-state index in [2.05, 4.69) is 4.74 Å². The van der Waals surface area contributed by atoms with Crippen molar-refractivity contribution in [3.63, 3.8) is 0 Å². The van der Waals surface area contributed by atoms with Gasteiger partial charge in [-0.2, -0.15) is 17.0 Å². The average molecular weight is 344 g/mol. The van der Waals surface area contributed by atoms with E-state index < -0.39 is 16.2 Å². The molecular formula is C12H26ClN3O4S. The number of methoxy groups -OCH3 is 1. The van der Waals surface area contributed by atoms with Gasteiger partial charge in [-0.3, -0.25) is 4.79 Å². The highest BCUT2D eigenvalue weighted by Gasteiger charge is 2.39. The Morgan fingerprint density at radius 3 is 2.52 bits per heavy atom. The van der Waals surface area contributed by atoms with Gasteiger partial charge >= 0.3 is 5.97 Å². The minimum Gasteiger partial charge on any atom is -0.469 e. The van der Waals surface area contributed by atoms with Crippen molar-refractivity contribution in [2.75, 3.05) is 33.8 Å². The zero-order valence-corrected chi connectivity index (χ0v) is 14.7. The van der Waals surface area contributed by atoms with E-state index in [0.29, 0.717) is 19.5 Å². The number of nitrogens with two attached hydrogens (primary N) is 1. The van der Waals surface area contributed by atoms with Crippen molar-refractivity contribution in [2.45, 2.75) is 32.7 Å². The molecule has 0 spiro atoms. The number of carbonyl (C=O) groups is 1. The Hall–Kier alpha value is -0.410. The van der Waals surface area contributed by atoms with E-state index in [4.69, 9.17) is 5.73 Å². The molecule has 1 saturated heterocycles. The summed E-state index contributed by atoms with van der Waals surface area (Å²) in [7, 11) is -0.802. The third-order valence-electron chi connectivity index (χ3n) is 3.86. The molecule has 9 heteroatoms. The second kappa shape index (κ2) is 7.73. The van der Waals surface area contributed by atoms with Gasteiger partial charge < -0.3 is 10.5 Å². The van der Waals surface area contributed by atoms with E-state index in [1.165, 1.54) is 22.8 Å². The van der Waals surface area contributed by atoms with Crippen molar-refractivity contribution in [2.24, 2.45) is 11.1 Å². The highest BCUT2D eigenvalue weighted by molar-refractivity contribution is 7.86. The number of carbonyl (C=O) groups excluding carboxylic acids is 1. The fourth-order valence-electron chi connectivity index (χ4n) is 2.18. The number of hydrogen-bond donors (Lipinski definition) is 1. The SMILES string of the molecule is COC(=O)CCN(C)S(=O)(=O)N1CCC(N)C(C)(C)C1.Cl. The van der Waals surface area contributed by atoms with E-state index in [9.17, 15) is 13.2 Å². The molecule has 1 aliphatic rings. The third-order valence-corrected chi connectivity index (χ3v) is 5.79. The largest absolute Gasteiger partial charge is 0.469 e. The molecule has 0 aromatic heterocycles. The van der Waals surface area contributed by atoms with Crippen LogP contribution < -0.4 is 5.73 Å². The van der Waals surface area contributed by atoms with Crippen LogP contribution in [0.2, 0.25) is 0 Å². The molecule has 0 aliphatic carbocycles. The maximum atomic E-state index is 12.4. The molecule has 7 nitrogen and oxygen atoms in total. The van der Waals surface area contributed by atoms with Crippen LogP contribution in [0.25, 0.3) is 0 Å². The third kappa shape index (κ3) is 5.07. The van der Waals surface area contributed by atoms with Crippen LogP contribution in [0.1, 0.15) is 26.7 Å². The van der Waals surface area contributed by atoms with Gasteiger partial charge in [0.05, 0.1) is 13.5 Å². The molecule has 0 saturated carbocycles. The molecule has 1 aliphatic heterocycles. The summed E-state index contributed by atoms with van der Waals surface area (Å²) < 4.78 is 32.0. The smallest absolute Gasteiger partial charge is 0.306 e. The summed E-state index contributed by atoms with van der Waals surface area (Å²) in [4.78, 5) is 11.1. The second-order valence-electron chi connectivity index (χ2n) is 5.87. The van der Waals surface area contributed by atoms with Gasteiger partial charge in [0.25, 0.3) is 10.2 Å². The van der Waals surface area contributed by atoms with Gasteiger partial charge in [-0.05, 0) is 11.8 Å². The first kappa shape index (κ1) is 20.6. The summed E-state index contributed by atoms with van der Waals surface area (Å²) >= 11 is 0. The van der Waals surface area contributed by atoms with E-state index in [1.54, 1.807) is 0 Å². The number of hydrogen-bond acceptors (Lipinski definition) is 5. The highest BCUT2D eigenvalue weighted by atomic mass is 35.5. The first-order valence-corrected chi connectivity index (χ1v) is 8.05. The van der Waals surface area contributed by atoms with E-state index in [1.807, 2.05) is 13.8 Å². The first-order valence-electron chi connectivity index (χ1n) is 6.65. The lowest BCUT2D eigenvalue weighted by Gasteiger charge is -2.42. The van der Waals surface area contributed by atoms with Crippen LogP contribution in [-0.2, 0) is 19.7 Å². The van der Waals surface area contributed by atoms with Crippen LogP contribution in [0.15, 0.2) is 0 Å². The zero-order chi connectivity index (χ0) is 15.6. The molecular weight excluding hydrogens is 318 g/mol. The molecule has 0 amide bonds. The van der Waals surface area contributed by atoms with Gasteiger partial charge in [0, 0.05) is 32.7 Å². The summed E-state index contributed by atoms with van der Waals surface area (Å²) in [5.74, 6) is -0.423. The fourth-order valence-corrected chi connectivity index (χ4v) is 3.73. The number of halogens is 1. The van der Waals surface area contributed by atoms with Crippen LogP contribution in [0.5, 0.6) is 0 Å². The van der Waals surface area contributed by atoms with Gasteiger partial charge in [0.15, 0.2) is 0 Å². The molecule has 0 radical (unpaired) electrons. The minimum atomic E-state index is -3.56. The molecule has 1 rings (SSSR count). The van der Waals surface area contributed by atoms with E-state index >= 15 is 0 Å². The Bertz CT molecular complexity index is 455. The Labute approximate surface area is 133 Å². The van der Waals surface area contributed by atoms with E-state index in [0.717, 1.165) is 0 Å². The summed E-state index contributed by atoms with van der Waals surface area (Å²) in [6, 6.07) is -0.00525. The maximum Gasteiger partial charge on any atom is 0.306 e. The summed E-state index contributed by atoms with van der Waals surface area (Å²) in [6.45, 7) is 4.84. The number of esters is 1. The van der Waals surface area contributed by atoms with Gasteiger partial charge in [-0.25, -0.2) is 0 Å². The average Bonchev–Trinajstić information content (AvgIpc) is 2.38. The lowest BCUT2D eigenvalue weighted by atomic mass is 9.81. The zero-order valence-electron chi connectivity index (χ0n) is 13.0. The molecule has 126 valence electrons. The standard InChI is InChI=1S/C12H25N3O4S.ClH/c1-12(2)9-15(8-5-10(12)13)20(17,18)14(3)7-6-11(16)19-4;/h10H,5-9,13H2,1-4H3;1H. The Balaban J connectivity index is 0.00000400. The summed E-state index contributed by atoms with van der Waals surface area (Å²) in [6.07, 6.45) is 0.681. The molecule has 0 aromatic rings. The quantitative estimate of drug-likeness (QED) is 0.720. The molecule has 1 atom stereocenters. The van der Waals surface area contributed by atoms with Crippen LogP contribution in [0.4, 0.5) is 0 Å². The molecule has 0 aromatic carbocycles. The monoisotopic (exact) mass is 343 g/mol. The van der Waals surface area contributed by atoms with Crippen molar-refractivity contribution < 1.29 is 17.9 Å². The molecule has 2 N–H and O–H groups in total. The van der Waals surface area contributed by atoms with Gasteiger partial charge in [-0.15, -0.1) is 12.4 Å². The summed E-state index contributed by atoms with van der Waals surface area (Å²) in [5, 5.41) is 0. The number of nitrogens with zero attached hydrogens (tertiary/aromatic N) is 2. The lowest BCUT2D eigenvalue weighted by molar-refractivity contribution is -0.140. The maximum absolute atomic E-state index is 12.4. The van der Waals surface area contributed by atoms with Crippen LogP contribution in [0, 0.1) is 5.41 Å². The van der Waals surface area contributed by atoms with Crippen molar-refractivity contribution in [1.29, 1.82) is 0 Å². The van der Waals surface area contributed by atoms with E-state index in [-0.39, 0.29) is 36.8 Å². The number of rotatable bonds is 5. The van der Waals surface area contributed by atoms with Crippen molar-refractivity contribution >= 4 is 28.6 Å². The fraction of sp³-hybridized carbons (Fsp3) is 0.917. The van der Waals surface area contributed by atoms with Crippen molar-refractivity contribution in [1.82, 2.24) is 8.61 Å². The van der Waals surface area contributed by atoms with Crippen molar-refractivity contribution in [3.8, 4) is 0 Å². The Kier molecular flexibility index (Phi) is 7.58. The number of ether oxygens (including phenoxy) is 1. The predicted molar refractivity (Wildman–Crippen MR) is 83.4 cm³/mol. The normalized spacial score (nSPS) is 22.7. The second-order valence-corrected chi connectivity index (χ2v) is 7.91. The van der Waals surface area contributed by atoms with Crippen LogP contribution in [-0.4, -0.2) is 62.8 Å². The minimum absolute atomic E-state index is 0. The van der Waals surface area contributed by atoms with Crippen LogP contribution in [0.3, 0.4) is 0 Å². The molecule has 0 bridgehead atoms. The van der Waals surface area contributed by atoms with Gasteiger partial charge in [0.2, 0.25) is 0 Å². The van der Waals surface area contributed by atoms with Crippen molar-refractivity contribution in [3.05, 3.63) is 0 Å². The topological polar surface area (TPSA) is 92.9 Å². The first-order chi connectivity index (χ1) is 9.11. The highest BCUT2D eigenvalue weighted by Crippen LogP contribution is 2.29. The molecule has 21 heavy (non-hydrogen) atoms. The lowest BCUT2D eigenvalue weighted by Crippen LogP contribution is -2.56. The Morgan fingerprint density at radius 2 is 2.05 bits per heavy atom. The molecule has 1 unspecified atom stereocenters. The van der Waals surface area contributed by atoms with Crippen LogP contribution >= 0.6 is 12.4 Å². The van der Waals surface area contributed by atoms with Gasteiger partial charge in [0.1, 0.15) is 0 Å². The Morgan fingerprint density at radius 1 is 1.48 bits per heavy atom. The van der Waals surface area contributed by atoms with Gasteiger partial charge in [-0.1, -0.05) is 13.8 Å². The molecule has 1 heterocycles. The molecule has 1 fully saturated rings. The summed E-state index contributed by atoms with van der Waals surface area (Å²) in [5.41, 5.74) is 5.76. The predicted octanol–water partition coefficient (Wildman–Crippen LogP) is 0.207.